The fourth-order valence-corrected chi connectivity index (χ4v) is 2.90. The van der Waals surface area contributed by atoms with Crippen LogP contribution in [0.1, 0.15) is 15.9 Å². The molecule has 138 valence electrons. The van der Waals surface area contributed by atoms with Gasteiger partial charge in [-0.2, -0.15) is 0 Å². The van der Waals surface area contributed by atoms with E-state index in [4.69, 9.17) is 5.73 Å². The predicted molar refractivity (Wildman–Crippen MR) is 110 cm³/mol. The molecule has 0 fully saturated rings. The van der Waals surface area contributed by atoms with Crippen LogP contribution in [0.5, 0.6) is 0 Å². The second kappa shape index (κ2) is 9.00. The molecule has 0 unspecified atom stereocenters. The normalized spacial score (nSPS) is 10.3. The summed E-state index contributed by atoms with van der Waals surface area (Å²) in [5.41, 5.74) is 13.5. The number of carbonyl (C=O) groups is 1. The first-order valence-corrected chi connectivity index (χ1v) is 9.13. The van der Waals surface area contributed by atoms with E-state index in [1.165, 1.54) is 11.9 Å². The summed E-state index contributed by atoms with van der Waals surface area (Å²) in [6.45, 7) is 0.675. The molecule has 8 heteroatoms. The van der Waals surface area contributed by atoms with Crippen molar-refractivity contribution in [2.75, 3.05) is 23.0 Å². The molecule has 5 N–H and O–H groups in total. The highest BCUT2D eigenvalue weighted by molar-refractivity contribution is 9.10. The number of nitrogen functional groups attached to an aromatic ring is 1. The molecule has 7 nitrogen and oxygen atoms in total. The number of hydrazine groups is 1. The Balaban J connectivity index is 1.59. The molecule has 0 saturated heterocycles. The van der Waals surface area contributed by atoms with Gasteiger partial charge in [-0.25, -0.2) is 9.97 Å². The monoisotopic (exact) mass is 426 g/mol. The second-order valence-corrected chi connectivity index (χ2v) is 6.56. The number of halogens is 1. The minimum Gasteiger partial charge on any atom is -0.393 e. The number of aromatic nitrogens is 2. The lowest BCUT2D eigenvalue weighted by Gasteiger charge is -2.13. The van der Waals surface area contributed by atoms with Crippen molar-refractivity contribution in [2.45, 2.75) is 6.42 Å². The minimum atomic E-state index is -0.306. The maximum atomic E-state index is 12.3. The van der Waals surface area contributed by atoms with Crippen molar-refractivity contribution in [3.8, 4) is 0 Å². The van der Waals surface area contributed by atoms with E-state index in [0.717, 1.165) is 6.42 Å². The lowest BCUT2D eigenvalue weighted by Crippen LogP contribution is -2.30. The highest BCUT2D eigenvalue weighted by Crippen LogP contribution is 2.22. The van der Waals surface area contributed by atoms with Gasteiger partial charge >= 0.3 is 0 Å². The van der Waals surface area contributed by atoms with E-state index < -0.39 is 0 Å². The summed E-state index contributed by atoms with van der Waals surface area (Å²) < 4.78 is 0.697. The molecule has 0 aliphatic rings. The third-order valence-corrected chi connectivity index (χ3v) is 4.54. The molecule has 0 radical (unpaired) electrons. The molecular weight excluding hydrogens is 408 g/mol. The van der Waals surface area contributed by atoms with Crippen LogP contribution in [0.15, 0.2) is 65.4 Å². The maximum Gasteiger partial charge on any atom is 0.270 e. The van der Waals surface area contributed by atoms with Gasteiger partial charge in [-0.3, -0.25) is 15.6 Å². The van der Waals surface area contributed by atoms with Gasteiger partial charge in [-0.1, -0.05) is 42.5 Å². The van der Waals surface area contributed by atoms with E-state index >= 15 is 0 Å². The zero-order valence-corrected chi connectivity index (χ0v) is 16.0. The van der Waals surface area contributed by atoms with Crippen molar-refractivity contribution < 1.29 is 4.79 Å². The van der Waals surface area contributed by atoms with E-state index in [1.54, 1.807) is 18.2 Å². The third kappa shape index (κ3) is 4.95. The molecule has 0 aliphatic heterocycles. The number of anilines is 3. The topological polar surface area (TPSA) is 105 Å². The maximum absolute atomic E-state index is 12.3. The summed E-state index contributed by atoms with van der Waals surface area (Å²) in [7, 11) is 0. The second-order valence-electron chi connectivity index (χ2n) is 5.71. The SMILES string of the molecule is Nc1c(NCCc2ccccc2)ncnc1NNC(=O)c1ccccc1Br. The van der Waals surface area contributed by atoms with Gasteiger partial charge < -0.3 is 11.1 Å². The first-order chi connectivity index (χ1) is 13.1. The molecule has 2 aromatic carbocycles. The summed E-state index contributed by atoms with van der Waals surface area (Å²) in [6, 6.07) is 17.2. The first kappa shape index (κ1) is 18.7. The van der Waals surface area contributed by atoms with Crippen LogP contribution in [0, 0.1) is 0 Å². The lowest BCUT2D eigenvalue weighted by atomic mass is 10.1. The fourth-order valence-electron chi connectivity index (χ4n) is 2.43. The number of hydrogen-bond donors (Lipinski definition) is 4. The molecule has 3 aromatic rings. The van der Waals surface area contributed by atoms with Crippen LogP contribution in [-0.2, 0) is 6.42 Å². The highest BCUT2D eigenvalue weighted by Gasteiger charge is 2.11. The number of nitrogens with zero attached hydrogens (tertiary/aromatic N) is 2. The number of hydrogen-bond acceptors (Lipinski definition) is 6. The summed E-state index contributed by atoms with van der Waals surface area (Å²) >= 11 is 3.35. The van der Waals surface area contributed by atoms with Crippen LogP contribution in [0.25, 0.3) is 0 Å². The summed E-state index contributed by atoms with van der Waals surface area (Å²) in [5.74, 6) is 0.533. The lowest BCUT2D eigenvalue weighted by molar-refractivity contribution is 0.0962. The average Bonchev–Trinajstić information content (AvgIpc) is 2.69. The van der Waals surface area contributed by atoms with Crippen molar-refractivity contribution in [2.24, 2.45) is 0 Å². The number of nitrogens with two attached hydrogens (primary N) is 1. The Morgan fingerprint density at radius 2 is 1.70 bits per heavy atom. The quantitative estimate of drug-likeness (QED) is 0.432. The summed E-state index contributed by atoms with van der Waals surface area (Å²) in [4.78, 5) is 20.5. The summed E-state index contributed by atoms with van der Waals surface area (Å²) in [6.07, 6.45) is 2.22. The highest BCUT2D eigenvalue weighted by atomic mass is 79.9. The van der Waals surface area contributed by atoms with Crippen molar-refractivity contribution in [1.82, 2.24) is 15.4 Å². The van der Waals surface area contributed by atoms with E-state index in [1.807, 2.05) is 24.3 Å². The number of carbonyl (C=O) groups excluding carboxylic acids is 1. The molecule has 0 spiro atoms. The Bertz CT molecular complexity index is 919. The Hall–Kier alpha value is -3.13. The Morgan fingerprint density at radius 1 is 1.00 bits per heavy atom. The number of nitrogens with one attached hydrogen (secondary N) is 3. The molecular formula is C19H19BrN6O. The molecule has 27 heavy (non-hydrogen) atoms. The van der Waals surface area contributed by atoms with E-state index in [-0.39, 0.29) is 5.91 Å². The molecule has 0 atom stereocenters. The predicted octanol–water partition coefficient (Wildman–Crippen LogP) is 3.23. The van der Waals surface area contributed by atoms with Crippen molar-refractivity contribution in [3.05, 3.63) is 76.5 Å². The van der Waals surface area contributed by atoms with Gasteiger partial charge in [0, 0.05) is 11.0 Å². The third-order valence-electron chi connectivity index (χ3n) is 3.85. The molecule has 0 aliphatic carbocycles. The van der Waals surface area contributed by atoms with Gasteiger partial charge in [0.25, 0.3) is 5.91 Å². The summed E-state index contributed by atoms with van der Waals surface area (Å²) in [5, 5.41) is 3.19. The smallest absolute Gasteiger partial charge is 0.270 e. The van der Waals surface area contributed by atoms with Crippen LogP contribution in [0.3, 0.4) is 0 Å². The number of amides is 1. The van der Waals surface area contributed by atoms with Crippen LogP contribution in [-0.4, -0.2) is 22.4 Å². The standard InChI is InChI=1S/C19H19BrN6O/c20-15-9-5-4-8-14(15)19(27)26-25-18-16(21)17(23-12-24-18)22-11-10-13-6-2-1-3-7-13/h1-9,12H,10-11,21H2,(H,26,27)(H2,22,23,24,25). The van der Waals surface area contributed by atoms with Crippen molar-refractivity contribution >= 4 is 39.2 Å². The largest absolute Gasteiger partial charge is 0.393 e. The number of benzene rings is 2. The Labute approximate surface area is 165 Å². The van der Waals surface area contributed by atoms with Crippen molar-refractivity contribution in [1.29, 1.82) is 0 Å². The molecule has 1 amide bonds. The Morgan fingerprint density at radius 3 is 2.48 bits per heavy atom. The van der Waals surface area contributed by atoms with Crippen LogP contribution in [0.4, 0.5) is 17.3 Å². The molecule has 0 saturated carbocycles. The van der Waals surface area contributed by atoms with Crippen LogP contribution >= 0.6 is 15.9 Å². The van der Waals surface area contributed by atoms with Gasteiger partial charge in [0.1, 0.15) is 12.0 Å². The minimum absolute atomic E-state index is 0.306. The zero-order chi connectivity index (χ0) is 19.1. The number of rotatable bonds is 7. The zero-order valence-electron chi connectivity index (χ0n) is 14.4. The first-order valence-electron chi connectivity index (χ1n) is 8.34. The van der Waals surface area contributed by atoms with Gasteiger partial charge in [0.05, 0.1) is 5.56 Å². The van der Waals surface area contributed by atoms with Gasteiger partial charge in [0.15, 0.2) is 11.6 Å². The molecule has 1 heterocycles. The Kier molecular flexibility index (Phi) is 6.22. The van der Waals surface area contributed by atoms with Gasteiger partial charge in [0.2, 0.25) is 0 Å². The average molecular weight is 427 g/mol. The molecule has 0 bridgehead atoms. The van der Waals surface area contributed by atoms with E-state index in [0.29, 0.717) is 33.9 Å². The van der Waals surface area contributed by atoms with Crippen LogP contribution in [0.2, 0.25) is 0 Å². The van der Waals surface area contributed by atoms with Gasteiger partial charge in [-0.05, 0) is 40.0 Å². The molecule has 3 rings (SSSR count). The van der Waals surface area contributed by atoms with Crippen molar-refractivity contribution in [3.63, 3.8) is 0 Å². The van der Waals surface area contributed by atoms with E-state index in [9.17, 15) is 4.79 Å². The molecule has 1 aromatic heterocycles. The van der Waals surface area contributed by atoms with Crippen LogP contribution < -0.4 is 21.9 Å². The van der Waals surface area contributed by atoms with Gasteiger partial charge in [-0.15, -0.1) is 0 Å². The fraction of sp³-hybridized carbons (Fsp3) is 0.105. The van der Waals surface area contributed by atoms with E-state index in [2.05, 4.69) is 54.2 Å².